The average Bonchev–Trinajstić information content (AvgIpc) is 3.02. The van der Waals surface area contributed by atoms with Crippen LogP contribution >= 0.6 is 12.4 Å². The van der Waals surface area contributed by atoms with E-state index < -0.39 is 0 Å². The fraction of sp³-hybridized carbons (Fsp3) is 0.300. The van der Waals surface area contributed by atoms with Crippen molar-refractivity contribution in [3.63, 3.8) is 0 Å². The van der Waals surface area contributed by atoms with E-state index in [1.165, 1.54) is 24.3 Å². The van der Waals surface area contributed by atoms with Crippen LogP contribution in [-0.4, -0.2) is 35.7 Å². The Bertz CT molecular complexity index is 752. The van der Waals surface area contributed by atoms with Gasteiger partial charge in [-0.3, -0.25) is 9.59 Å². The second-order valence-electron chi connectivity index (χ2n) is 6.41. The standard InChI is InChI=1S/C20H21FN2O2.ClH/c21-16-8-6-15(7-9-16)19(24)10-11-20(25)23-12-17(18(22)13-23)14-4-2-1-3-5-14;/h1-9,17-18H,10-13,22H2;1H/t17-,18+;/m0./s1. The summed E-state index contributed by atoms with van der Waals surface area (Å²) in [6.45, 7) is 1.08. The lowest BCUT2D eigenvalue weighted by atomic mass is 9.95. The van der Waals surface area contributed by atoms with Gasteiger partial charge in [0.1, 0.15) is 5.82 Å². The Hall–Kier alpha value is -2.24. The van der Waals surface area contributed by atoms with E-state index in [2.05, 4.69) is 0 Å². The minimum Gasteiger partial charge on any atom is -0.340 e. The molecule has 0 saturated carbocycles. The number of carbonyl (C=O) groups is 2. The SMILES string of the molecule is Cl.N[C@@H]1CN(C(=O)CCC(=O)c2ccc(F)cc2)C[C@H]1c1ccccc1. The van der Waals surface area contributed by atoms with Crippen molar-refractivity contribution in [3.05, 3.63) is 71.5 Å². The largest absolute Gasteiger partial charge is 0.340 e. The van der Waals surface area contributed by atoms with Crippen LogP contribution in [0.1, 0.15) is 34.7 Å². The molecule has 2 aromatic rings. The van der Waals surface area contributed by atoms with Crippen LogP contribution in [0.25, 0.3) is 0 Å². The highest BCUT2D eigenvalue weighted by Gasteiger charge is 2.33. The van der Waals surface area contributed by atoms with Crippen molar-refractivity contribution in [1.82, 2.24) is 4.90 Å². The Morgan fingerprint density at radius 1 is 1.00 bits per heavy atom. The van der Waals surface area contributed by atoms with Gasteiger partial charge in [0.05, 0.1) is 0 Å². The molecule has 0 bridgehead atoms. The van der Waals surface area contributed by atoms with Crippen molar-refractivity contribution < 1.29 is 14.0 Å². The Morgan fingerprint density at radius 3 is 2.31 bits per heavy atom. The van der Waals surface area contributed by atoms with E-state index in [1.54, 1.807) is 4.90 Å². The van der Waals surface area contributed by atoms with Gasteiger partial charge >= 0.3 is 0 Å². The van der Waals surface area contributed by atoms with Crippen LogP contribution < -0.4 is 5.73 Å². The molecule has 0 radical (unpaired) electrons. The minimum atomic E-state index is -0.384. The van der Waals surface area contributed by atoms with Crippen molar-refractivity contribution in [2.45, 2.75) is 24.8 Å². The van der Waals surface area contributed by atoms with Gasteiger partial charge in [0.15, 0.2) is 5.78 Å². The highest BCUT2D eigenvalue weighted by molar-refractivity contribution is 5.97. The summed E-state index contributed by atoms with van der Waals surface area (Å²) >= 11 is 0. The maximum absolute atomic E-state index is 12.9. The van der Waals surface area contributed by atoms with Gasteiger partial charge in [0.2, 0.25) is 5.91 Å². The molecule has 2 aromatic carbocycles. The van der Waals surface area contributed by atoms with Crippen LogP contribution in [0, 0.1) is 5.82 Å². The summed E-state index contributed by atoms with van der Waals surface area (Å²) in [6.07, 6.45) is 0.261. The first kappa shape index (κ1) is 20.1. The highest BCUT2D eigenvalue weighted by atomic mass is 35.5. The Labute approximate surface area is 158 Å². The number of nitrogens with zero attached hydrogens (tertiary/aromatic N) is 1. The van der Waals surface area contributed by atoms with Crippen molar-refractivity contribution in [2.24, 2.45) is 5.73 Å². The lowest BCUT2D eigenvalue weighted by molar-refractivity contribution is -0.130. The number of nitrogens with two attached hydrogens (primary N) is 1. The van der Waals surface area contributed by atoms with Gasteiger partial charge < -0.3 is 10.6 Å². The average molecular weight is 377 g/mol. The maximum atomic E-state index is 12.9. The Kier molecular flexibility index (Phi) is 6.89. The van der Waals surface area contributed by atoms with Gasteiger partial charge in [-0.15, -0.1) is 12.4 Å². The molecular weight excluding hydrogens is 355 g/mol. The van der Waals surface area contributed by atoms with Crippen molar-refractivity contribution in [2.75, 3.05) is 13.1 Å². The van der Waals surface area contributed by atoms with Crippen LogP contribution in [0.15, 0.2) is 54.6 Å². The molecule has 1 heterocycles. The molecule has 2 N–H and O–H groups in total. The molecule has 0 spiro atoms. The molecule has 1 aliphatic rings. The van der Waals surface area contributed by atoms with Gasteiger partial charge in [-0.05, 0) is 29.8 Å². The van der Waals surface area contributed by atoms with E-state index in [9.17, 15) is 14.0 Å². The molecule has 1 saturated heterocycles. The molecule has 3 rings (SSSR count). The van der Waals surface area contributed by atoms with Crippen molar-refractivity contribution in [1.29, 1.82) is 0 Å². The zero-order valence-electron chi connectivity index (χ0n) is 14.3. The fourth-order valence-corrected chi connectivity index (χ4v) is 3.24. The summed E-state index contributed by atoms with van der Waals surface area (Å²) in [5.74, 6) is -0.482. The minimum absolute atomic E-state index is 0. The predicted octanol–water partition coefficient (Wildman–Crippen LogP) is 3.16. The van der Waals surface area contributed by atoms with Crippen LogP contribution in [0.5, 0.6) is 0 Å². The molecule has 0 aromatic heterocycles. The molecule has 26 heavy (non-hydrogen) atoms. The van der Waals surface area contributed by atoms with Crippen molar-refractivity contribution in [3.8, 4) is 0 Å². The first-order valence-corrected chi connectivity index (χ1v) is 8.41. The van der Waals surface area contributed by atoms with Crippen LogP contribution in [0.4, 0.5) is 4.39 Å². The molecule has 2 atom stereocenters. The zero-order chi connectivity index (χ0) is 17.8. The summed E-state index contributed by atoms with van der Waals surface area (Å²) in [7, 11) is 0. The molecule has 4 nitrogen and oxygen atoms in total. The topological polar surface area (TPSA) is 63.4 Å². The fourth-order valence-electron chi connectivity index (χ4n) is 3.24. The van der Waals surface area contributed by atoms with E-state index in [0.717, 1.165) is 5.56 Å². The number of benzene rings is 2. The number of carbonyl (C=O) groups excluding carboxylic acids is 2. The van der Waals surface area contributed by atoms with E-state index in [0.29, 0.717) is 18.7 Å². The predicted molar refractivity (Wildman–Crippen MR) is 101 cm³/mol. The molecule has 1 amide bonds. The maximum Gasteiger partial charge on any atom is 0.223 e. The molecule has 0 aliphatic carbocycles. The lowest BCUT2D eigenvalue weighted by Gasteiger charge is -2.16. The second-order valence-corrected chi connectivity index (χ2v) is 6.41. The molecule has 6 heteroatoms. The first-order valence-electron chi connectivity index (χ1n) is 8.41. The zero-order valence-corrected chi connectivity index (χ0v) is 15.1. The highest BCUT2D eigenvalue weighted by Crippen LogP contribution is 2.27. The number of rotatable bonds is 5. The normalized spacial score (nSPS) is 19.1. The first-order chi connectivity index (χ1) is 12.0. The molecule has 138 valence electrons. The van der Waals surface area contributed by atoms with Crippen LogP contribution in [0.3, 0.4) is 0 Å². The molecule has 1 aliphatic heterocycles. The van der Waals surface area contributed by atoms with Crippen LogP contribution in [0.2, 0.25) is 0 Å². The summed E-state index contributed by atoms with van der Waals surface area (Å²) in [5, 5.41) is 0. The van der Waals surface area contributed by atoms with E-state index in [1.807, 2.05) is 30.3 Å². The number of likely N-dealkylation sites (tertiary alicyclic amines) is 1. The van der Waals surface area contributed by atoms with E-state index in [-0.39, 0.29) is 54.7 Å². The lowest BCUT2D eigenvalue weighted by Crippen LogP contribution is -2.32. The number of ketones is 1. The number of halogens is 2. The van der Waals surface area contributed by atoms with E-state index in [4.69, 9.17) is 5.73 Å². The van der Waals surface area contributed by atoms with Crippen molar-refractivity contribution >= 4 is 24.1 Å². The number of hydrogen-bond donors (Lipinski definition) is 1. The van der Waals surface area contributed by atoms with Crippen LogP contribution in [-0.2, 0) is 4.79 Å². The van der Waals surface area contributed by atoms with Gasteiger partial charge in [-0.2, -0.15) is 0 Å². The third-order valence-electron chi connectivity index (χ3n) is 4.68. The molecule has 0 unspecified atom stereocenters. The van der Waals surface area contributed by atoms with Gasteiger partial charge in [-0.1, -0.05) is 30.3 Å². The summed E-state index contributed by atoms with van der Waals surface area (Å²) < 4.78 is 12.9. The number of amides is 1. The molecule has 1 fully saturated rings. The summed E-state index contributed by atoms with van der Waals surface area (Å²) in [6, 6.07) is 15.2. The second kappa shape index (κ2) is 8.92. The third kappa shape index (κ3) is 4.68. The smallest absolute Gasteiger partial charge is 0.223 e. The van der Waals surface area contributed by atoms with Gasteiger partial charge in [0.25, 0.3) is 0 Å². The summed E-state index contributed by atoms with van der Waals surface area (Å²) in [5.41, 5.74) is 7.76. The third-order valence-corrected chi connectivity index (χ3v) is 4.68. The monoisotopic (exact) mass is 376 g/mol. The number of hydrogen-bond acceptors (Lipinski definition) is 3. The molecular formula is C20H22ClFN2O2. The van der Waals surface area contributed by atoms with Gasteiger partial charge in [0, 0.05) is 43.5 Å². The Balaban J connectivity index is 0.00000243. The summed E-state index contributed by atoms with van der Waals surface area (Å²) in [4.78, 5) is 26.3. The Morgan fingerprint density at radius 2 is 1.65 bits per heavy atom. The van der Waals surface area contributed by atoms with Gasteiger partial charge in [-0.25, -0.2) is 4.39 Å². The number of Topliss-reactive ketones (excluding diaryl/α,β-unsaturated/α-hetero) is 1. The van der Waals surface area contributed by atoms with E-state index >= 15 is 0 Å². The quantitative estimate of drug-likeness (QED) is 0.815.